The highest BCUT2D eigenvalue weighted by atomic mass is 16.3. The maximum absolute atomic E-state index is 13.5. The van der Waals surface area contributed by atoms with E-state index in [9.17, 15) is 14.7 Å². The van der Waals surface area contributed by atoms with Gasteiger partial charge in [0.1, 0.15) is 17.6 Å². The lowest BCUT2D eigenvalue weighted by Gasteiger charge is -2.63. The first-order valence-corrected chi connectivity index (χ1v) is 22.4. The number of hydrogen-bond donors (Lipinski definition) is 5. The zero-order chi connectivity index (χ0) is 42.1. The molecule has 5 fully saturated rings. The molecule has 0 radical (unpaired) electrons. The van der Waals surface area contributed by atoms with Gasteiger partial charge in [-0.05, 0) is 101 Å². The fraction of sp³-hybridized carbons (Fsp3) is 0.609. The van der Waals surface area contributed by atoms with Gasteiger partial charge in [0.05, 0.1) is 6.04 Å². The maximum Gasteiger partial charge on any atom is 0.318 e. The molecule has 5 aliphatic heterocycles. The molecule has 14 nitrogen and oxygen atoms in total. The van der Waals surface area contributed by atoms with Crippen LogP contribution in [-0.2, 0) is 11.2 Å². The number of aromatic amines is 1. The van der Waals surface area contributed by atoms with Crippen LogP contribution in [0.2, 0.25) is 0 Å². The summed E-state index contributed by atoms with van der Waals surface area (Å²) in [6.07, 6.45) is 13.3. The molecule has 3 aromatic rings. The van der Waals surface area contributed by atoms with Crippen molar-refractivity contribution in [2.45, 2.75) is 116 Å². The molecule has 1 saturated carbocycles. The van der Waals surface area contributed by atoms with Crippen LogP contribution < -0.4 is 21.7 Å². The fourth-order valence-electron chi connectivity index (χ4n) is 11.2. The summed E-state index contributed by atoms with van der Waals surface area (Å²) in [4.78, 5) is 51.5. The lowest BCUT2D eigenvalue weighted by atomic mass is 9.60. The van der Waals surface area contributed by atoms with Crippen molar-refractivity contribution in [3.05, 3.63) is 64.6 Å². The summed E-state index contributed by atoms with van der Waals surface area (Å²) in [5.41, 5.74) is 18.1. The molecule has 6 aliphatic rings. The minimum Gasteiger partial charge on any atom is -0.507 e. The zero-order valence-corrected chi connectivity index (χ0v) is 36.2. The second-order valence-corrected chi connectivity index (χ2v) is 20.0. The van der Waals surface area contributed by atoms with Gasteiger partial charge in [0.2, 0.25) is 11.9 Å². The van der Waals surface area contributed by atoms with Crippen LogP contribution >= 0.6 is 0 Å². The molecular weight excluding hydrogens is 755 g/mol. The van der Waals surface area contributed by atoms with Crippen molar-refractivity contribution < 1.29 is 14.7 Å². The van der Waals surface area contributed by atoms with Gasteiger partial charge in [-0.15, -0.1) is 0 Å². The van der Waals surface area contributed by atoms with Crippen LogP contribution in [0.3, 0.4) is 0 Å². The number of hydrogen-bond acceptors (Lipinski definition) is 10. The first kappa shape index (κ1) is 40.6. The highest BCUT2D eigenvalue weighted by molar-refractivity contribution is 5.89. The minimum atomic E-state index is -0.513. The number of benzene rings is 1. The Hall–Kier alpha value is -4.82. The number of carbonyl (C=O) groups is 2. The topological polar surface area (TPSA) is 176 Å². The number of H-pyrrole nitrogens is 1. The number of anilines is 2. The largest absolute Gasteiger partial charge is 0.507 e. The van der Waals surface area contributed by atoms with Crippen molar-refractivity contribution in [3.8, 4) is 5.75 Å². The molecule has 9 rings (SSSR count). The number of para-hydroxylation sites is 1. The number of fused-ring (bicyclic) bond motifs is 1. The number of phenolic OH excluding ortho intramolecular Hbond substituents is 1. The molecule has 1 spiro atoms. The fourth-order valence-corrected chi connectivity index (χ4v) is 11.2. The monoisotopic (exact) mass is 820 g/mol. The first-order valence-electron chi connectivity index (χ1n) is 22.4. The molecule has 3 unspecified atom stereocenters. The van der Waals surface area contributed by atoms with Crippen molar-refractivity contribution in [2.24, 2.45) is 16.6 Å². The highest BCUT2D eigenvalue weighted by Crippen LogP contribution is 2.51. The lowest BCUT2D eigenvalue weighted by Crippen LogP contribution is -2.73. The van der Waals surface area contributed by atoms with Gasteiger partial charge in [-0.25, -0.2) is 14.8 Å². The smallest absolute Gasteiger partial charge is 0.318 e. The molecule has 0 bridgehead atoms. The Kier molecular flexibility index (Phi) is 10.5. The van der Waals surface area contributed by atoms with Crippen LogP contribution in [0.25, 0.3) is 11.8 Å². The van der Waals surface area contributed by atoms with E-state index in [1.165, 1.54) is 5.56 Å². The molecule has 7 N–H and O–H groups in total. The predicted octanol–water partition coefficient (Wildman–Crippen LogP) is 5.14. The van der Waals surface area contributed by atoms with Crippen molar-refractivity contribution >= 4 is 35.5 Å². The average molecular weight is 820 g/mol. The zero-order valence-electron chi connectivity index (χ0n) is 36.2. The number of amides is 3. The van der Waals surface area contributed by atoms with E-state index in [1.54, 1.807) is 18.2 Å². The average Bonchev–Trinajstić information content (AvgIpc) is 3.75. The van der Waals surface area contributed by atoms with Gasteiger partial charge in [-0.1, -0.05) is 32.9 Å². The number of nitrogen functional groups attached to an aromatic ring is 1. The molecule has 4 saturated heterocycles. The Labute approximate surface area is 354 Å². The summed E-state index contributed by atoms with van der Waals surface area (Å²) in [5.74, 6) is 1.94. The van der Waals surface area contributed by atoms with Crippen molar-refractivity contribution in [1.29, 1.82) is 0 Å². The van der Waals surface area contributed by atoms with E-state index in [2.05, 4.69) is 38.8 Å². The van der Waals surface area contributed by atoms with Crippen molar-refractivity contribution in [1.82, 2.24) is 39.9 Å². The number of piperidine rings is 1. The van der Waals surface area contributed by atoms with Crippen LogP contribution in [0.5, 0.6) is 5.75 Å². The molecule has 14 heteroatoms. The second kappa shape index (κ2) is 15.6. The Morgan fingerprint density at radius 1 is 0.983 bits per heavy atom. The minimum absolute atomic E-state index is 0.0182. The number of nitrogens with one attached hydrogen (secondary N) is 2. The highest BCUT2D eigenvalue weighted by Gasteiger charge is 2.57. The molecule has 3 atom stereocenters. The van der Waals surface area contributed by atoms with Gasteiger partial charge in [0.25, 0.3) is 0 Å². The molecular formula is C46H65N11O3. The molecule has 322 valence electrons. The van der Waals surface area contributed by atoms with Crippen LogP contribution in [-0.4, -0.2) is 128 Å². The Bertz CT molecular complexity index is 2100. The van der Waals surface area contributed by atoms with Gasteiger partial charge in [0, 0.05) is 110 Å². The van der Waals surface area contributed by atoms with Crippen LogP contribution in [0, 0.1) is 10.8 Å². The molecule has 1 aliphatic carbocycles. The molecule has 3 amide bonds. The number of likely N-dealkylation sites (tertiary alicyclic amines) is 4. The first-order chi connectivity index (χ1) is 28.7. The summed E-state index contributed by atoms with van der Waals surface area (Å²) >= 11 is 0. The predicted molar refractivity (Wildman–Crippen MR) is 235 cm³/mol. The second-order valence-electron chi connectivity index (χ2n) is 20.0. The van der Waals surface area contributed by atoms with Gasteiger partial charge in [0.15, 0.2) is 0 Å². The SMILES string of the molecule is CC1CCCN1C(=O)C(NC(=O)N1CC2(CC(N3CC(N4CCC(c5cnc(N6CCc7[nH]c(N)c(/C=C(\N)c8ccccc8O)c7C6C)nc5)CC4)C3)C2)C1)C(C)(C)C. The molecule has 2 aromatic heterocycles. The summed E-state index contributed by atoms with van der Waals surface area (Å²) in [5, 5.41) is 13.5. The quantitative estimate of drug-likeness (QED) is 0.205. The standard InChI is InChI=1S/C46H65N11O3/c1-28-9-8-15-56(28)42(59)40(45(3,4)5)52-44(60)55-26-46(27-55)20-32(21-46)54-24-33(25-54)53-16-12-30(13-17-53)31-22-49-43(50-23-31)57-18-14-37-39(29(57)2)35(41(48)51-37)19-36(47)34-10-6-7-11-38(34)58/h6-7,10-11,19,22-23,28-30,32-33,40,51,58H,8-9,12-18,20-21,24-27,47-48H2,1-5H3,(H,52,60)/b36-19-. The summed E-state index contributed by atoms with van der Waals surface area (Å²) in [7, 11) is 0. The summed E-state index contributed by atoms with van der Waals surface area (Å²) in [6.45, 7) is 18.0. The van der Waals surface area contributed by atoms with Gasteiger partial charge in [-0.3, -0.25) is 14.6 Å². The van der Waals surface area contributed by atoms with Crippen molar-refractivity contribution in [2.75, 3.05) is 63.0 Å². The molecule has 7 heterocycles. The van der Waals surface area contributed by atoms with E-state index in [1.807, 2.05) is 55.1 Å². The third-order valence-corrected chi connectivity index (χ3v) is 14.9. The van der Waals surface area contributed by atoms with E-state index in [-0.39, 0.29) is 40.6 Å². The number of nitrogens with zero attached hydrogens (tertiary/aromatic N) is 7. The van der Waals surface area contributed by atoms with E-state index in [4.69, 9.17) is 21.4 Å². The number of urea groups is 1. The molecule has 60 heavy (non-hydrogen) atoms. The Morgan fingerprint density at radius 3 is 2.33 bits per heavy atom. The number of rotatable bonds is 8. The van der Waals surface area contributed by atoms with Crippen LogP contribution in [0.1, 0.15) is 113 Å². The Balaban J connectivity index is 0.721. The maximum atomic E-state index is 13.5. The number of phenols is 1. The number of aromatic nitrogens is 3. The van der Waals surface area contributed by atoms with E-state index in [0.717, 1.165) is 120 Å². The van der Waals surface area contributed by atoms with E-state index >= 15 is 0 Å². The third-order valence-electron chi connectivity index (χ3n) is 14.9. The van der Waals surface area contributed by atoms with Gasteiger partial charge >= 0.3 is 6.03 Å². The normalized spacial score (nSPS) is 24.8. The van der Waals surface area contributed by atoms with Crippen LogP contribution in [0.15, 0.2) is 36.7 Å². The molecule has 1 aromatic carbocycles. The number of carbonyl (C=O) groups excluding carboxylic acids is 2. The number of aromatic hydroxyl groups is 1. The lowest BCUT2D eigenvalue weighted by molar-refractivity contribution is -0.137. The van der Waals surface area contributed by atoms with E-state index in [0.29, 0.717) is 35.1 Å². The van der Waals surface area contributed by atoms with Crippen LogP contribution in [0.4, 0.5) is 16.6 Å². The van der Waals surface area contributed by atoms with Gasteiger partial charge in [-0.2, -0.15) is 0 Å². The van der Waals surface area contributed by atoms with Gasteiger partial charge < -0.3 is 41.6 Å². The summed E-state index contributed by atoms with van der Waals surface area (Å²) < 4.78 is 0. The third kappa shape index (κ3) is 7.47. The number of nitrogens with two attached hydrogens (primary N) is 2. The van der Waals surface area contributed by atoms with Crippen molar-refractivity contribution in [3.63, 3.8) is 0 Å². The summed E-state index contributed by atoms with van der Waals surface area (Å²) in [6, 6.07) is 7.92. The van der Waals surface area contributed by atoms with E-state index < -0.39 is 6.04 Å². The Morgan fingerprint density at radius 2 is 1.68 bits per heavy atom.